The normalized spacial score (nSPS) is 21.7. The quantitative estimate of drug-likeness (QED) is 0.819. The zero-order valence-corrected chi connectivity index (χ0v) is 15.1. The molecule has 0 aliphatic carbocycles. The lowest BCUT2D eigenvalue weighted by molar-refractivity contribution is -0.123. The summed E-state index contributed by atoms with van der Waals surface area (Å²) in [7, 11) is -3.23. The van der Waals surface area contributed by atoms with Crippen LogP contribution in [0.15, 0.2) is 24.3 Å². The summed E-state index contributed by atoms with van der Waals surface area (Å²) in [5, 5.41) is 0. The molecule has 1 aromatic carbocycles. The summed E-state index contributed by atoms with van der Waals surface area (Å²) in [5.74, 6) is 0.0494. The average Bonchev–Trinajstić information content (AvgIpc) is 3.03. The number of rotatable bonds is 5. The van der Waals surface area contributed by atoms with Crippen molar-refractivity contribution in [1.29, 1.82) is 0 Å². The number of sulfonamides is 1. The Morgan fingerprint density at radius 2 is 2.04 bits per heavy atom. The van der Waals surface area contributed by atoms with E-state index in [-0.39, 0.29) is 17.6 Å². The SMILES string of the molecule is CCCCS(=O)(=O)N1CCC[C@H](C(=O)N2CCc3ccccc32)C1. The van der Waals surface area contributed by atoms with Gasteiger partial charge >= 0.3 is 0 Å². The van der Waals surface area contributed by atoms with E-state index in [1.807, 2.05) is 30.0 Å². The molecule has 0 saturated carbocycles. The minimum absolute atomic E-state index is 0.0790. The number of amides is 1. The Morgan fingerprint density at radius 1 is 1.25 bits per heavy atom. The molecule has 0 N–H and O–H groups in total. The lowest BCUT2D eigenvalue weighted by Crippen LogP contribution is -2.47. The number of benzene rings is 1. The molecular weight excluding hydrogens is 324 g/mol. The van der Waals surface area contributed by atoms with Gasteiger partial charge in [0.05, 0.1) is 11.7 Å². The van der Waals surface area contributed by atoms with Crippen molar-refractivity contribution in [2.45, 2.75) is 39.0 Å². The summed E-state index contributed by atoms with van der Waals surface area (Å²) in [6.45, 7) is 3.58. The lowest BCUT2D eigenvalue weighted by atomic mass is 9.98. The molecule has 1 fully saturated rings. The van der Waals surface area contributed by atoms with E-state index in [1.54, 1.807) is 0 Å². The van der Waals surface area contributed by atoms with Gasteiger partial charge in [0.2, 0.25) is 15.9 Å². The highest BCUT2D eigenvalue weighted by molar-refractivity contribution is 7.89. The maximum atomic E-state index is 13.0. The van der Waals surface area contributed by atoms with Crippen LogP contribution in [0.3, 0.4) is 0 Å². The molecule has 132 valence electrons. The van der Waals surface area contributed by atoms with Gasteiger partial charge < -0.3 is 4.90 Å². The first-order chi connectivity index (χ1) is 11.5. The second-order valence-corrected chi connectivity index (χ2v) is 8.82. The molecule has 3 rings (SSSR count). The average molecular weight is 350 g/mol. The Labute approximate surface area is 144 Å². The number of anilines is 1. The van der Waals surface area contributed by atoms with Gasteiger partial charge in [0.15, 0.2) is 0 Å². The van der Waals surface area contributed by atoms with Gasteiger partial charge in [-0.25, -0.2) is 12.7 Å². The van der Waals surface area contributed by atoms with Gasteiger partial charge in [-0.1, -0.05) is 31.5 Å². The summed E-state index contributed by atoms with van der Waals surface area (Å²) in [6, 6.07) is 7.99. The highest BCUT2D eigenvalue weighted by atomic mass is 32.2. The van der Waals surface area contributed by atoms with Crippen molar-refractivity contribution >= 4 is 21.6 Å². The molecule has 24 heavy (non-hydrogen) atoms. The molecule has 0 bridgehead atoms. The fraction of sp³-hybridized carbons (Fsp3) is 0.611. The van der Waals surface area contributed by atoms with Gasteiger partial charge in [0.25, 0.3) is 0 Å². The maximum absolute atomic E-state index is 13.0. The molecule has 1 atom stereocenters. The topological polar surface area (TPSA) is 57.7 Å². The van der Waals surface area contributed by atoms with Crippen LogP contribution in [0.5, 0.6) is 0 Å². The van der Waals surface area contributed by atoms with Crippen LogP contribution in [0.1, 0.15) is 38.2 Å². The minimum atomic E-state index is -3.23. The van der Waals surface area contributed by atoms with Gasteiger partial charge in [-0.3, -0.25) is 4.79 Å². The Bertz CT molecular complexity index is 702. The molecule has 0 spiro atoms. The number of unbranched alkanes of at least 4 members (excludes halogenated alkanes) is 1. The Morgan fingerprint density at radius 3 is 2.83 bits per heavy atom. The summed E-state index contributed by atoms with van der Waals surface area (Å²) >= 11 is 0. The standard InChI is InChI=1S/C18H26N2O3S/c1-2-3-13-24(22,23)19-11-6-8-16(14-19)18(21)20-12-10-15-7-4-5-9-17(15)20/h4-5,7,9,16H,2-3,6,8,10-14H2,1H3/t16-/m0/s1. The summed E-state index contributed by atoms with van der Waals surface area (Å²) in [5.41, 5.74) is 2.20. The highest BCUT2D eigenvalue weighted by Gasteiger charge is 2.36. The van der Waals surface area contributed by atoms with Crippen LogP contribution in [-0.4, -0.2) is 44.0 Å². The van der Waals surface area contributed by atoms with Gasteiger partial charge in [0.1, 0.15) is 0 Å². The largest absolute Gasteiger partial charge is 0.312 e. The Balaban J connectivity index is 1.70. The smallest absolute Gasteiger partial charge is 0.231 e. The molecule has 0 aromatic heterocycles. The van der Waals surface area contributed by atoms with Crippen LogP contribution in [0, 0.1) is 5.92 Å². The molecule has 2 heterocycles. The van der Waals surface area contributed by atoms with E-state index in [0.717, 1.165) is 31.4 Å². The minimum Gasteiger partial charge on any atom is -0.312 e. The number of para-hydroxylation sites is 1. The molecule has 5 nitrogen and oxygen atoms in total. The summed E-state index contributed by atoms with van der Waals surface area (Å²) in [6.07, 6.45) is 3.96. The van der Waals surface area contributed by atoms with E-state index in [9.17, 15) is 13.2 Å². The molecule has 1 amide bonds. The van der Waals surface area contributed by atoms with Crippen LogP contribution in [-0.2, 0) is 21.2 Å². The molecule has 0 radical (unpaired) electrons. The van der Waals surface area contributed by atoms with Crippen LogP contribution >= 0.6 is 0 Å². The van der Waals surface area contributed by atoms with E-state index in [2.05, 4.69) is 6.07 Å². The van der Waals surface area contributed by atoms with Crippen molar-refractivity contribution in [2.75, 3.05) is 30.3 Å². The Hall–Kier alpha value is -1.40. The third-order valence-corrected chi connectivity index (χ3v) is 6.96. The summed E-state index contributed by atoms with van der Waals surface area (Å²) < 4.78 is 26.4. The van der Waals surface area contributed by atoms with Gasteiger partial charge in [-0.05, 0) is 37.3 Å². The fourth-order valence-electron chi connectivity index (χ4n) is 3.64. The van der Waals surface area contributed by atoms with Gasteiger partial charge in [0, 0.05) is 25.3 Å². The van der Waals surface area contributed by atoms with E-state index >= 15 is 0 Å². The van der Waals surface area contributed by atoms with Gasteiger partial charge in [-0.15, -0.1) is 0 Å². The highest BCUT2D eigenvalue weighted by Crippen LogP contribution is 2.31. The number of hydrogen-bond acceptors (Lipinski definition) is 3. The maximum Gasteiger partial charge on any atom is 0.231 e. The molecule has 6 heteroatoms. The second kappa shape index (κ2) is 7.23. The number of nitrogens with zero attached hydrogens (tertiary/aromatic N) is 2. The number of fused-ring (bicyclic) bond motifs is 1. The first-order valence-corrected chi connectivity index (χ1v) is 10.5. The third kappa shape index (κ3) is 3.49. The fourth-order valence-corrected chi connectivity index (χ4v) is 5.37. The van der Waals surface area contributed by atoms with Crippen molar-refractivity contribution in [3.05, 3.63) is 29.8 Å². The van der Waals surface area contributed by atoms with Crippen molar-refractivity contribution < 1.29 is 13.2 Å². The zero-order valence-electron chi connectivity index (χ0n) is 14.3. The first kappa shape index (κ1) is 17.4. The number of carbonyl (C=O) groups excluding carboxylic acids is 1. The van der Waals surface area contributed by atoms with E-state index in [0.29, 0.717) is 26.1 Å². The van der Waals surface area contributed by atoms with Crippen molar-refractivity contribution in [2.24, 2.45) is 5.92 Å². The van der Waals surface area contributed by atoms with E-state index < -0.39 is 10.0 Å². The number of piperidine rings is 1. The monoisotopic (exact) mass is 350 g/mol. The van der Waals surface area contributed by atoms with Crippen LogP contribution in [0.2, 0.25) is 0 Å². The van der Waals surface area contributed by atoms with Crippen LogP contribution < -0.4 is 4.90 Å². The van der Waals surface area contributed by atoms with Crippen molar-refractivity contribution in [3.8, 4) is 0 Å². The predicted octanol–water partition coefficient (Wildman–Crippen LogP) is 2.42. The summed E-state index contributed by atoms with van der Waals surface area (Å²) in [4.78, 5) is 14.8. The molecule has 2 aliphatic heterocycles. The van der Waals surface area contributed by atoms with Crippen LogP contribution in [0.4, 0.5) is 5.69 Å². The number of hydrogen-bond donors (Lipinski definition) is 0. The number of carbonyl (C=O) groups is 1. The molecule has 0 unspecified atom stereocenters. The second-order valence-electron chi connectivity index (χ2n) is 6.74. The first-order valence-electron chi connectivity index (χ1n) is 8.90. The Kier molecular flexibility index (Phi) is 5.25. The van der Waals surface area contributed by atoms with Crippen molar-refractivity contribution in [1.82, 2.24) is 4.31 Å². The molecule has 1 saturated heterocycles. The molecule has 2 aliphatic rings. The van der Waals surface area contributed by atoms with Crippen molar-refractivity contribution in [3.63, 3.8) is 0 Å². The van der Waals surface area contributed by atoms with E-state index in [1.165, 1.54) is 9.87 Å². The molecular formula is C18H26N2O3S. The van der Waals surface area contributed by atoms with E-state index in [4.69, 9.17) is 0 Å². The van der Waals surface area contributed by atoms with Crippen LogP contribution in [0.25, 0.3) is 0 Å². The zero-order chi connectivity index (χ0) is 17.2. The van der Waals surface area contributed by atoms with Gasteiger partial charge in [-0.2, -0.15) is 0 Å². The predicted molar refractivity (Wildman–Crippen MR) is 95.5 cm³/mol. The molecule has 1 aromatic rings. The lowest BCUT2D eigenvalue weighted by Gasteiger charge is -2.33. The third-order valence-electron chi connectivity index (χ3n) is 5.04.